The Morgan fingerprint density at radius 1 is 1.08 bits per heavy atom. The third-order valence-electron chi connectivity index (χ3n) is 3.92. The average molecular weight is 353 g/mol. The molecular formula is C20H17ClN2O2. The van der Waals surface area contributed by atoms with Crippen molar-refractivity contribution >= 4 is 34.0 Å². The van der Waals surface area contributed by atoms with Crippen molar-refractivity contribution in [2.24, 2.45) is 5.10 Å². The average Bonchev–Trinajstić information content (AvgIpc) is 2.62. The Morgan fingerprint density at radius 2 is 1.80 bits per heavy atom. The van der Waals surface area contributed by atoms with E-state index in [1.807, 2.05) is 30.3 Å². The summed E-state index contributed by atoms with van der Waals surface area (Å²) in [7, 11) is 0. The molecule has 0 spiro atoms. The zero-order chi connectivity index (χ0) is 17.8. The fraction of sp³-hybridized carbons (Fsp3) is 0.100. The van der Waals surface area contributed by atoms with E-state index in [0.29, 0.717) is 16.3 Å². The van der Waals surface area contributed by atoms with Gasteiger partial charge in [0, 0.05) is 16.0 Å². The van der Waals surface area contributed by atoms with Crippen LogP contribution < -0.4 is 5.43 Å². The van der Waals surface area contributed by atoms with Crippen LogP contribution in [-0.4, -0.2) is 16.7 Å². The number of rotatable bonds is 4. The normalized spacial score (nSPS) is 11.5. The molecule has 126 valence electrons. The topological polar surface area (TPSA) is 61.7 Å². The molecule has 5 heteroatoms. The van der Waals surface area contributed by atoms with Crippen molar-refractivity contribution in [2.75, 3.05) is 0 Å². The molecule has 0 atom stereocenters. The summed E-state index contributed by atoms with van der Waals surface area (Å²) in [5.74, 6) is -0.0757. The molecular weight excluding hydrogens is 336 g/mol. The molecule has 3 aromatic carbocycles. The molecule has 0 aliphatic rings. The van der Waals surface area contributed by atoms with Gasteiger partial charge in [-0.05, 0) is 36.1 Å². The van der Waals surface area contributed by atoms with Crippen molar-refractivity contribution in [3.63, 3.8) is 0 Å². The fourth-order valence-corrected chi connectivity index (χ4v) is 2.71. The largest absolute Gasteiger partial charge is 0.507 e. The van der Waals surface area contributed by atoms with Gasteiger partial charge in [-0.3, -0.25) is 4.79 Å². The molecule has 1 amide bonds. The van der Waals surface area contributed by atoms with E-state index in [-0.39, 0.29) is 18.1 Å². The van der Waals surface area contributed by atoms with Crippen LogP contribution in [0.2, 0.25) is 5.02 Å². The number of fused-ring (bicyclic) bond motifs is 1. The van der Waals surface area contributed by atoms with Crippen LogP contribution in [0, 0.1) is 0 Å². The maximum absolute atomic E-state index is 12.0. The minimum absolute atomic E-state index is 0.159. The maximum atomic E-state index is 12.0. The predicted molar refractivity (Wildman–Crippen MR) is 101 cm³/mol. The monoisotopic (exact) mass is 352 g/mol. The molecule has 0 saturated carbocycles. The molecule has 0 radical (unpaired) electrons. The van der Waals surface area contributed by atoms with Crippen molar-refractivity contribution in [1.29, 1.82) is 0 Å². The number of phenolic OH excluding ortho intramolecular Hbond substituents is 1. The highest BCUT2D eigenvalue weighted by atomic mass is 35.5. The smallest absolute Gasteiger partial charge is 0.244 e. The van der Waals surface area contributed by atoms with Crippen LogP contribution in [0.1, 0.15) is 18.1 Å². The highest BCUT2D eigenvalue weighted by molar-refractivity contribution is 6.30. The van der Waals surface area contributed by atoms with Gasteiger partial charge in [-0.15, -0.1) is 0 Å². The summed E-state index contributed by atoms with van der Waals surface area (Å²) in [6, 6.07) is 18.4. The number of hydrazone groups is 1. The van der Waals surface area contributed by atoms with Crippen molar-refractivity contribution in [3.8, 4) is 5.75 Å². The number of nitrogens with zero attached hydrogens (tertiary/aromatic N) is 1. The third kappa shape index (κ3) is 3.98. The number of carbonyl (C=O) groups is 1. The molecule has 0 heterocycles. The Bertz CT molecular complexity index is 950. The molecule has 25 heavy (non-hydrogen) atoms. The number of halogens is 1. The van der Waals surface area contributed by atoms with E-state index in [9.17, 15) is 9.90 Å². The first-order valence-electron chi connectivity index (χ1n) is 7.83. The van der Waals surface area contributed by atoms with Crippen LogP contribution in [0.4, 0.5) is 0 Å². The maximum Gasteiger partial charge on any atom is 0.244 e. The second kappa shape index (κ2) is 7.36. The summed E-state index contributed by atoms with van der Waals surface area (Å²) in [5.41, 5.74) is 4.50. The van der Waals surface area contributed by atoms with E-state index in [0.717, 1.165) is 16.3 Å². The minimum Gasteiger partial charge on any atom is -0.507 e. The molecule has 0 fully saturated rings. The standard InChI is InChI=1S/C20H17ClN2O2/c1-13(17-11-8-15-4-2-3-5-18(15)20(17)25)22-23-19(24)12-14-6-9-16(21)10-7-14/h2-11,25H,12H2,1H3,(H,23,24). The number of nitrogens with one attached hydrogen (secondary N) is 1. The lowest BCUT2D eigenvalue weighted by Crippen LogP contribution is -2.21. The van der Waals surface area contributed by atoms with Crippen molar-refractivity contribution in [2.45, 2.75) is 13.3 Å². The summed E-state index contributed by atoms with van der Waals surface area (Å²) >= 11 is 5.83. The molecule has 0 aliphatic carbocycles. The Hall–Kier alpha value is -2.85. The van der Waals surface area contributed by atoms with Gasteiger partial charge in [0.2, 0.25) is 5.91 Å². The van der Waals surface area contributed by atoms with Crippen molar-refractivity contribution < 1.29 is 9.90 Å². The van der Waals surface area contributed by atoms with Crippen LogP contribution >= 0.6 is 11.6 Å². The molecule has 0 bridgehead atoms. The molecule has 0 unspecified atom stereocenters. The Balaban J connectivity index is 1.74. The SMILES string of the molecule is CC(=NNC(=O)Cc1ccc(Cl)cc1)c1ccc2ccccc2c1O. The number of amides is 1. The van der Waals surface area contributed by atoms with Crippen molar-refractivity contribution in [1.82, 2.24) is 5.43 Å². The quantitative estimate of drug-likeness (QED) is 0.543. The fourth-order valence-electron chi connectivity index (χ4n) is 2.58. The molecule has 0 aromatic heterocycles. The third-order valence-corrected chi connectivity index (χ3v) is 4.17. The van der Waals surface area contributed by atoms with Crippen LogP contribution in [0.5, 0.6) is 5.75 Å². The lowest BCUT2D eigenvalue weighted by atomic mass is 10.0. The summed E-state index contributed by atoms with van der Waals surface area (Å²) in [6.45, 7) is 1.74. The lowest BCUT2D eigenvalue weighted by Gasteiger charge is -2.08. The highest BCUT2D eigenvalue weighted by Crippen LogP contribution is 2.28. The van der Waals surface area contributed by atoms with E-state index in [4.69, 9.17) is 11.6 Å². The van der Waals surface area contributed by atoms with Gasteiger partial charge in [-0.1, -0.05) is 54.1 Å². The van der Waals surface area contributed by atoms with Gasteiger partial charge in [0.1, 0.15) is 5.75 Å². The van der Waals surface area contributed by atoms with Gasteiger partial charge in [-0.2, -0.15) is 5.10 Å². The summed E-state index contributed by atoms with van der Waals surface area (Å²) in [5, 5.41) is 16.9. The van der Waals surface area contributed by atoms with Crippen LogP contribution in [0.25, 0.3) is 10.8 Å². The van der Waals surface area contributed by atoms with E-state index < -0.39 is 0 Å². The van der Waals surface area contributed by atoms with E-state index in [1.165, 1.54) is 0 Å². The van der Waals surface area contributed by atoms with Gasteiger partial charge in [-0.25, -0.2) is 5.43 Å². The van der Waals surface area contributed by atoms with Crippen molar-refractivity contribution in [3.05, 3.63) is 76.8 Å². The number of aromatic hydroxyl groups is 1. The Morgan fingerprint density at radius 3 is 2.56 bits per heavy atom. The number of hydrogen-bond acceptors (Lipinski definition) is 3. The van der Waals surface area contributed by atoms with Gasteiger partial charge in [0.15, 0.2) is 0 Å². The first-order chi connectivity index (χ1) is 12.0. The van der Waals surface area contributed by atoms with E-state index >= 15 is 0 Å². The van der Waals surface area contributed by atoms with Gasteiger partial charge in [0.25, 0.3) is 0 Å². The summed E-state index contributed by atoms with van der Waals surface area (Å²) in [4.78, 5) is 12.0. The summed E-state index contributed by atoms with van der Waals surface area (Å²) in [6.07, 6.45) is 0.206. The molecule has 4 nitrogen and oxygen atoms in total. The van der Waals surface area contributed by atoms with Gasteiger partial charge < -0.3 is 5.11 Å². The molecule has 3 rings (SSSR count). The Kier molecular flexibility index (Phi) is 5.00. The number of carbonyl (C=O) groups excluding carboxylic acids is 1. The molecule has 0 saturated heterocycles. The van der Waals surface area contributed by atoms with Crippen LogP contribution in [-0.2, 0) is 11.2 Å². The number of phenols is 1. The second-order valence-electron chi connectivity index (χ2n) is 5.72. The molecule has 0 aliphatic heterocycles. The lowest BCUT2D eigenvalue weighted by molar-refractivity contribution is -0.120. The summed E-state index contributed by atoms with van der Waals surface area (Å²) < 4.78 is 0. The number of hydrogen-bond donors (Lipinski definition) is 2. The highest BCUT2D eigenvalue weighted by Gasteiger charge is 2.09. The molecule has 3 aromatic rings. The number of benzene rings is 3. The predicted octanol–water partition coefficient (Wildman–Crippen LogP) is 4.28. The second-order valence-corrected chi connectivity index (χ2v) is 6.15. The Labute approximate surface area is 150 Å². The molecule has 2 N–H and O–H groups in total. The first kappa shape index (κ1) is 17.0. The van der Waals surface area contributed by atoms with E-state index in [1.54, 1.807) is 37.3 Å². The van der Waals surface area contributed by atoms with Gasteiger partial charge >= 0.3 is 0 Å². The minimum atomic E-state index is -0.234. The zero-order valence-electron chi connectivity index (χ0n) is 13.7. The van der Waals surface area contributed by atoms with Gasteiger partial charge in [0.05, 0.1) is 12.1 Å². The van der Waals surface area contributed by atoms with Crippen LogP contribution in [0.3, 0.4) is 0 Å². The zero-order valence-corrected chi connectivity index (χ0v) is 14.4. The first-order valence-corrected chi connectivity index (χ1v) is 8.21. The van der Waals surface area contributed by atoms with Crippen LogP contribution in [0.15, 0.2) is 65.8 Å². The van der Waals surface area contributed by atoms with E-state index in [2.05, 4.69) is 10.5 Å².